The smallest absolute Gasteiger partial charge is 0.305 e. The Balaban J connectivity index is 2.22. The molecule has 0 atom stereocenters. The highest BCUT2D eigenvalue weighted by Gasteiger charge is 2.50. The van der Waals surface area contributed by atoms with Crippen LogP contribution in [0.4, 0.5) is 8.78 Å². The van der Waals surface area contributed by atoms with E-state index < -0.39 is 11.8 Å². The lowest BCUT2D eigenvalue weighted by Crippen LogP contribution is -2.15. The molecule has 1 saturated carbocycles. The predicted molar refractivity (Wildman–Crippen MR) is 43.5 cm³/mol. The average molecular weight is 192 g/mol. The summed E-state index contributed by atoms with van der Waals surface area (Å²) < 4.78 is 29.4. The number of carbonyl (C=O) groups is 1. The third-order valence-electron chi connectivity index (χ3n) is 2.49. The first-order valence-corrected chi connectivity index (χ1v) is 4.54. The topological polar surface area (TPSA) is 26.3 Å². The molecule has 0 amide bonds. The van der Waals surface area contributed by atoms with Gasteiger partial charge in [-0.1, -0.05) is 0 Å². The van der Waals surface area contributed by atoms with Gasteiger partial charge in [-0.2, -0.15) is 0 Å². The molecule has 0 radical (unpaired) electrons. The summed E-state index contributed by atoms with van der Waals surface area (Å²) >= 11 is 0. The lowest BCUT2D eigenvalue weighted by molar-refractivity contribution is -0.143. The van der Waals surface area contributed by atoms with Gasteiger partial charge in [-0.15, -0.1) is 0 Å². The standard InChI is InChI=1S/C9H14F2O2/c1-2-13-7(12)3-4-9(5-6-9)8(10)11/h8H,2-6H2,1H3. The lowest BCUT2D eigenvalue weighted by atomic mass is 10.0. The van der Waals surface area contributed by atoms with Gasteiger partial charge in [0.05, 0.1) is 6.61 Å². The Bertz CT molecular complexity index is 188. The molecule has 4 heteroatoms. The monoisotopic (exact) mass is 192 g/mol. The van der Waals surface area contributed by atoms with E-state index in [1.54, 1.807) is 6.92 Å². The second kappa shape index (κ2) is 4.03. The van der Waals surface area contributed by atoms with E-state index >= 15 is 0 Å². The Kier molecular flexibility index (Phi) is 3.22. The van der Waals surface area contributed by atoms with Crippen LogP contribution in [0.3, 0.4) is 0 Å². The number of hydrogen-bond donors (Lipinski definition) is 0. The third-order valence-corrected chi connectivity index (χ3v) is 2.49. The predicted octanol–water partition coefficient (Wildman–Crippen LogP) is 2.38. The zero-order valence-electron chi connectivity index (χ0n) is 7.69. The van der Waals surface area contributed by atoms with Crippen LogP contribution < -0.4 is 0 Å². The fourth-order valence-electron chi connectivity index (χ4n) is 1.32. The van der Waals surface area contributed by atoms with Gasteiger partial charge in [0.15, 0.2) is 0 Å². The zero-order valence-corrected chi connectivity index (χ0v) is 7.69. The molecule has 0 bridgehead atoms. The largest absolute Gasteiger partial charge is 0.466 e. The molecule has 0 heterocycles. The van der Waals surface area contributed by atoms with E-state index in [9.17, 15) is 13.6 Å². The first-order valence-electron chi connectivity index (χ1n) is 4.54. The van der Waals surface area contributed by atoms with Crippen molar-refractivity contribution in [2.75, 3.05) is 6.61 Å². The number of carbonyl (C=O) groups excluding carboxylic acids is 1. The van der Waals surface area contributed by atoms with Crippen molar-refractivity contribution >= 4 is 5.97 Å². The van der Waals surface area contributed by atoms with E-state index in [1.165, 1.54) is 0 Å². The maximum Gasteiger partial charge on any atom is 0.305 e. The number of esters is 1. The summed E-state index contributed by atoms with van der Waals surface area (Å²) in [7, 11) is 0. The van der Waals surface area contributed by atoms with Crippen LogP contribution in [-0.2, 0) is 9.53 Å². The average Bonchev–Trinajstić information content (AvgIpc) is 2.82. The van der Waals surface area contributed by atoms with Gasteiger partial charge in [0.2, 0.25) is 6.43 Å². The van der Waals surface area contributed by atoms with Crippen molar-refractivity contribution in [3.05, 3.63) is 0 Å². The van der Waals surface area contributed by atoms with E-state index in [2.05, 4.69) is 4.74 Å². The molecular weight excluding hydrogens is 178 g/mol. The van der Waals surface area contributed by atoms with Crippen molar-refractivity contribution in [1.29, 1.82) is 0 Å². The number of halogens is 2. The van der Waals surface area contributed by atoms with Crippen LogP contribution in [0.2, 0.25) is 0 Å². The molecule has 0 aromatic heterocycles. The summed E-state index contributed by atoms with van der Waals surface area (Å²) in [6, 6.07) is 0. The minimum atomic E-state index is -2.29. The molecule has 0 N–H and O–H groups in total. The normalized spacial score (nSPS) is 18.8. The molecular formula is C9H14F2O2. The number of ether oxygens (including phenoxy) is 1. The van der Waals surface area contributed by atoms with Crippen LogP contribution in [-0.4, -0.2) is 19.0 Å². The van der Waals surface area contributed by atoms with E-state index in [4.69, 9.17) is 0 Å². The Morgan fingerprint density at radius 1 is 1.54 bits per heavy atom. The zero-order chi connectivity index (χ0) is 9.90. The Morgan fingerprint density at radius 3 is 2.54 bits per heavy atom. The molecule has 2 nitrogen and oxygen atoms in total. The molecule has 1 fully saturated rings. The lowest BCUT2D eigenvalue weighted by Gasteiger charge is -2.12. The Labute approximate surface area is 76.3 Å². The molecule has 0 unspecified atom stereocenters. The minimum Gasteiger partial charge on any atom is -0.466 e. The van der Waals surface area contributed by atoms with E-state index in [0.717, 1.165) is 0 Å². The van der Waals surface area contributed by atoms with Crippen molar-refractivity contribution in [2.45, 2.75) is 39.0 Å². The van der Waals surface area contributed by atoms with Crippen LogP contribution in [0.1, 0.15) is 32.6 Å². The Hall–Kier alpha value is -0.670. The second-order valence-corrected chi connectivity index (χ2v) is 3.47. The quantitative estimate of drug-likeness (QED) is 0.625. The third kappa shape index (κ3) is 2.64. The maximum absolute atomic E-state index is 12.4. The highest BCUT2D eigenvalue weighted by molar-refractivity contribution is 5.69. The molecule has 76 valence electrons. The molecule has 1 aliphatic rings. The van der Waals surface area contributed by atoms with Gasteiger partial charge in [-0.3, -0.25) is 4.79 Å². The van der Waals surface area contributed by atoms with Crippen molar-refractivity contribution in [1.82, 2.24) is 0 Å². The van der Waals surface area contributed by atoms with Gasteiger partial charge in [0.1, 0.15) is 0 Å². The minimum absolute atomic E-state index is 0.123. The van der Waals surface area contributed by atoms with Crippen molar-refractivity contribution in [2.24, 2.45) is 5.41 Å². The molecule has 0 aromatic rings. The molecule has 0 spiro atoms. The Morgan fingerprint density at radius 2 is 2.15 bits per heavy atom. The van der Waals surface area contributed by atoms with Gasteiger partial charge in [-0.05, 0) is 26.2 Å². The van der Waals surface area contributed by atoms with Crippen LogP contribution in [0, 0.1) is 5.41 Å². The summed E-state index contributed by atoms with van der Waals surface area (Å²) in [5.41, 5.74) is -0.854. The van der Waals surface area contributed by atoms with E-state index in [0.29, 0.717) is 19.4 Å². The molecule has 0 aromatic carbocycles. The highest BCUT2D eigenvalue weighted by Crippen LogP contribution is 2.54. The first-order chi connectivity index (χ1) is 6.10. The second-order valence-electron chi connectivity index (χ2n) is 3.47. The summed E-state index contributed by atoms with van der Waals surface area (Å²) in [5, 5.41) is 0. The fraction of sp³-hybridized carbons (Fsp3) is 0.889. The molecule has 0 saturated heterocycles. The summed E-state index contributed by atoms with van der Waals surface area (Å²) in [6.45, 7) is 2.03. The number of rotatable bonds is 5. The van der Waals surface area contributed by atoms with Gasteiger partial charge in [0, 0.05) is 11.8 Å². The number of alkyl halides is 2. The van der Waals surface area contributed by atoms with E-state index in [1.807, 2.05) is 0 Å². The summed E-state index contributed by atoms with van der Waals surface area (Å²) in [4.78, 5) is 10.9. The molecule has 1 aliphatic carbocycles. The molecule has 1 rings (SSSR count). The number of hydrogen-bond acceptors (Lipinski definition) is 2. The van der Waals surface area contributed by atoms with Gasteiger partial charge >= 0.3 is 5.97 Å². The maximum atomic E-state index is 12.4. The van der Waals surface area contributed by atoms with Crippen molar-refractivity contribution in [3.8, 4) is 0 Å². The highest BCUT2D eigenvalue weighted by atomic mass is 19.3. The van der Waals surface area contributed by atoms with Crippen molar-refractivity contribution < 1.29 is 18.3 Å². The van der Waals surface area contributed by atoms with Gasteiger partial charge in [0.25, 0.3) is 0 Å². The summed E-state index contributed by atoms with van der Waals surface area (Å²) in [6.07, 6.45) is -0.808. The van der Waals surface area contributed by atoms with Crippen molar-refractivity contribution in [3.63, 3.8) is 0 Å². The van der Waals surface area contributed by atoms with Crippen LogP contribution >= 0.6 is 0 Å². The van der Waals surface area contributed by atoms with Gasteiger partial charge < -0.3 is 4.74 Å². The first kappa shape index (κ1) is 10.4. The van der Waals surface area contributed by atoms with Crippen LogP contribution in [0.5, 0.6) is 0 Å². The van der Waals surface area contributed by atoms with E-state index in [-0.39, 0.29) is 18.8 Å². The SMILES string of the molecule is CCOC(=O)CCC1(C(F)F)CC1. The summed E-state index contributed by atoms with van der Waals surface area (Å²) in [5.74, 6) is -0.366. The fourth-order valence-corrected chi connectivity index (χ4v) is 1.32. The van der Waals surface area contributed by atoms with Gasteiger partial charge in [-0.25, -0.2) is 8.78 Å². The van der Waals surface area contributed by atoms with Crippen LogP contribution in [0.25, 0.3) is 0 Å². The molecule has 13 heavy (non-hydrogen) atoms. The van der Waals surface area contributed by atoms with Crippen LogP contribution in [0.15, 0.2) is 0 Å². The molecule has 0 aliphatic heterocycles.